The fourth-order valence-electron chi connectivity index (χ4n) is 2.31. The van der Waals surface area contributed by atoms with Gasteiger partial charge in [0.15, 0.2) is 0 Å². The highest BCUT2D eigenvalue weighted by atomic mass is 16.3. The minimum Gasteiger partial charge on any atom is -0.389 e. The Hall–Kier alpha value is -0.930. The monoisotopic (exact) mass is 278 g/mol. The molecule has 0 fully saturated rings. The normalized spacial score (nSPS) is 17.8. The first-order valence-corrected chi connectivity index (χ1v) is 7.73. The summed E-state index contributed by atoms with van der Waals surface area (Å²) in [6.45, 7) is 11.1. The molecule has 0 radical (unpaired) electrons. The van der Waals surface area contributed by atoms with Crippen molar-refractivity contribution in [1.82, 2.24) is 10.3 Å². The highest BCUT2D eigenvalue weighted by Gasteiger charge is 2.28. The zero-order valence-corrected chi connectivity index (χ0v) is 13.6. The van der Waals surface area contributed by atoms with Crippen LogP contribution in [0.5, 0.6) is 0 Å². The van der Waals surface area contributed by atoms with E-state index in [0.717, 1.165) is 18.5 Å². The van der Waals surface area contributed by atoms with Crippen LogP contribution in [0.2, 0.25) is 0 Å². The zero-order chi connectivity index (χ0) is 15.2. The Morgan fingerprint density at radius 2 is 2.00 bits per heavy atom. The number of nitrogens with one attached hydrogen (secondary N) is 1. The van der Waals surface area contributed by atoms with E-state index >= 15 is 0 Å². The van der Waals surface area contributed by atoms with Crippen molar-refractivity contribution in [2.75, 3.05) is 6.54 Å². The average molecular weight is 278 g/mol. The van der Waals surface area contributed by atoms with E-state index in [2.05, 4.69) is 44.1 Å². The van der Waals surface area contributed by atoms with Crippen molar-refractivity contribution in [2.45, 2.75) is 59.1 Å². The van der Waals surface area contributed by atoms with Crippen LogP contribution in [-0.4, -0.2) is 22.2 Å². The summed E-state index contributed by atoms with van der Waals surface area (Å²) in [5, 5.41) is 14.0. The number of hydrogen-bond acceptors (Lipinski definition) is 3. The summed E-state index contributed by atoms with van der Waals surface area (Å²) in [6.07, 6.45) is 3.83. The molecule has 1 heterocycles. The lowest BCUT2D eigenvalue weighted by molar-refractivity contribution is 0.00258. The van der Waals surface area contributed by atoms with Crippen LogP contribution < -0.4 is 5.32 Å². The van der Waals surface area contributed by atoms with Crippen LogP contribution in [0, 0.1) is 11.8 Å². The summed E-state index contributed by atoms with van der Waals surface area (Å²) >= 11 is 0. The number of aliphatic hydroxyl groups is 1. The molecule has 1 aromatic heterocycles. The molecule has 0 aliphatic heterocycles. The van der Waals surface area contributed by atoms with Gasteiger partial charge in [0.25, 0.3) is 0 Å². The van der Waals surface area contributed by atoms with Crippen molar-refractivity contribution < 1.29 is 5.11 Å². The number of aromatic nitrogens is 1. The molecule has 0 bridgehead atoms. The smallest absolute Gasteiger partial charge is 0.0769 e. The molecule has 0 aliphatic carbocycles. The molecule has 3 atom stereocenters. The van der Waals surface area contributed by atoms with Crippen molar-refractivity contribution >= 4 is 0 Å². The first kappa shape index (κ1) is 17.1. The van der Waals surface area contributed by atoms with Crippen LogP contribution >= 0.6 is 0 Å². The van der Waals surface area contributed by atoms with Gasteiger partial charge in [0.05, 0.1) is 11.3 Å². The number of hydrogen-bond donors (Lipinski definition) is 2. The maximum absolute atomic E-state index is 10.5. The van der Waals surface area contributed by atoms with Gasteiger partial charge in [-0.1, -0.05) is 40.2 Å². The van der Waals surface area contributed by atoms with Crippen LogP contribution in [0.15, 0.2) is 24.4 Å². The number of rotatable bonds is 8. The summed E-state index contributed by atoms with van der Waals surface area (Å²) in [5.41, 5.74) is 0.375. The highest BCUT2D eigenvalue weighted by Crippen LogP contribution is 2.23. The first-order chi connectivity index (χ1) is 9.36. The van der Waals surface area contributed by atoms with Crippen molar-refractivity contribution in [1.29, 1.82) is 0 Å². The van der Waals surface area contributed by atoms with E-state index in [-0.39, 0.29) is 12.0 Å². The zero-order valence-electron chi connectivity index (χ0n) is 13.6. The Morgan fingerprint density at radius 1 is 1.30 bits per heavy atom. The van der Waals surface area contributed by atoms with E-state index in [0.29, 0.717) is 12.5 Å². The van der Waals surface area contributed by atoms with Gasteiger partial charge in [0.2, 0.25) is 0 Å². The van der Waals surface area contributed by atoms with Crippen molar-refractivity contribution in [3.63, 3.8) is 0 Å². The van der Waals surface area contributed by atoms with Gasteiger partial charge in [-0.05, 0) is 37.3 Å². The second kappa shape index (κ2) is 7.75. The minimum atomic E-state index is -0.682. The Morgan fingerprint density at radius 3 is 2.50 bits per heavy atom. The van der Waals surface area contributed by atoms with Crippen molar-refractivity contribution in [3.8, 4) is 0 Å². The van der Waals surface area contributed by atoms with Gasteiger partial charge >= 0.3 is 0 Å². The standard InChI is InChI=1S/C17H30N2O/c1-6-14(4)17(5,20)12-19-16(11-13(2)3)15-9-7-8-10-18-15/h7-10,13-14,16,19-20H,6,11-12H2,1-5H3. The molecule has 0 saturated heterocycles. The largest absolute Gasteiger partial charge is 0.389 e. The lowest BCUT2D eigenvalue weighted by Gasteiger charge is -2.32. The van der Waals surface area contributed by atoms with Crippen molar-refractivity contribution in [3.05, 3.63) is 30.1 Å². The predicted molar refractivity (Wildman–Crippen MR) is 84.5 cm³/mol. The van der Waals surface area contributed by atoms with Gasteiger partial charge in [-0.3, -0.25) is 4.98 Å². The van der Waals surface area contributed by atoms with Crippen molar-refractivity contribution in [2.24, 2.45) is 11.8 Å². The fraction of sp³-hybridized carbons (Fsp3) is 0.706. The van der Waals surface area contributed by atoms with E-state index < -0.39 is 5.60 Å². The van der Waals surface area contributed by atoms with E-state index in [1.54, 1.807) is 0 Å². The molecule has 0 spiro atoms. The Bertz CT molecular complexity index is 376. The third kappa shape index (κ3) is 5.22. The quantitative estimate of drug-likeness (QED) is 0.764. The Kier molecular flexibility index (Phi) is 6.63. The van der Waals surface area contributed by atoms with E-state index in [4.69, 9.17) is 0 Å². The van der Waals surface area contributed by atoms with Crippen LogP contribution in [0.4, 0.5) is 0 Å². The summed E-state index contributed by atoms with van der Waals surface area (Å²) in [4.78, 5) is 4.45. The van der Waals surface area contributed by atoms with Crippen LogP contribution in [0.3, 0.4) is 0 Å². The second-order valence-electron chi connectivity index (χ2n) is 6.48. The molecule has 3 heteroatoms. The van der Waals surface area contributed by atoms with E-state index in [1.165, 1.54) is 0 Å². The molecule has 1 aromatic rings. The number of pyridine rings is 1. The lowest BCUT2D eigenvalue weighted by atomic mass is 9.88. The predicted octanol–water partition coefficient (Wildman–Crippen LogP) is 3.56. The van der Waals surface area contributed by atoms with Gasteiger partial charge < -0.3 is 10.4 Å². The van der Waals surface area contributed by atoms with E-state index in [1.807, 2.05) is 25.3 Å². The summed E-state index contributed by atoms with van der Waals surface area (Å²) in [5.74, 6) is 0.862. The summed E-state index contributed by atoms with van der Waals surface area (Å²) < 4.78 is 0. The SMILES string of the molecule is CCC(C)C(C)(O)CNC(CC(C)C)c1ccccn1. The summed E-state index contributed by atoms with van der Waals surface area (Å²) in [6, 6.07) is 6.21. The molecule has 0 amide bonds. The molecular weight excluding hydrogens is 248 g/mol. The number of nitrogens with zero attached hydrogens (tertiary/aromatic N) is 1. The lowest BCUT2D eigenvalue weighted by Crippen LogP contribution is -2.44. The molecular formula is C17H30N2O. The van der Waals surface area contributed by atoms with Crippen LogP contribution in [-0.2, 0) is 0 Å². The van der Waals surface area contributed by atoms with Crippen LogP contribution in [0.1, 0.15) is 59.2 Å². The molecule has 3 nitrogen and oxygen atoms in total. The third-order valence-electron chi connectivity index (χ3n) is 4.13. The van der Waals surface area contributed by atoms with Gasteiger partial charge in [0.1, 0.15) is 0 Å². The first-order valence-electron chi connectivity index (χ1n) is 7.73. The maximum Gasteiger partial charge on any atom is 0.0769 e. The third-order valence-corrected chi connectivity index (χ3v) is 4.13. The summed E-state index contributed by atoms with van der Waals surface area (Å²) in [7, 11) is 0. The van der Waals surface area contributed by atoms with Crippen LogP contribution in [0.25, 0.3) is 0 Å². The molecule has 114 valence electrons. The molecule has 0 aliphatic rings. The topological polar surface area (TPSA) is 45.1 Å². The highest BCUT2D eigenvalue weighted by molar-refractivity contribution is 5.09. The fourth-order valence-corrected chi connectivity index (χ4v) is 2.31. The molecule has 0 aromatic carbocycles. The molecule has 3 unspecified atom stereocenters. The van der Waals surface area contributed by atoms with Gasteiger partial charge in [0, 0.05) is 18.8 Å². The molecule has 1 rings (SSSR count). The van der Waals surface area contributed by atoms with E-state index in [9.17, 15) is 5.11 Å². The second-order valence-corrected chi connectivity index (χ2v) is 6.48. The van der Waals surface area contributed by atoms with Gasteiger partial charge in [-0.25, -0.2) is 0 Å². The minimum absolute atomic E-state index is 0.201. The average Bonchev–Trinajstić information content (AvgIpc) is 2.43. The molecule has 0 saturated carbocycles. The molecule has 2 N–H and O–H groups in total. The van der Waals surface area contributed by atoms with Gasteiger partial charge in [-0.2, -0.15) is 0 Å². The Labute approximate surface area is 123 Å². The van der Waals surface area contributed by atoms with Gasteiger partial charge in [-0.15, -0.1) is 0 Å². The maximum atomic E-state index is 10.5. The molecule has 20 heavy (non-hydrogen) atoms. The Balaban J connectivity index is 2.72.